The summed E-state index contributed by atoms with van der Waals surface area (Å²) in [7, 11) is 3.09. The van der Waals surface area contributed by atoms with Crippen LogP contribution in [0, 0.1) is 11.8 Å². The summed E-state index contributed by atoms with van der Waals surface area (Å²) in [6.45, 7) is -0.228. The first-order valence-corrected chi connectivity index (χ1v) is 10.6. The van der Waals surface area contributed by atoms with E-state index in [1.165, 1.54) is 24.3 Å². The molecule has 1 aliphatic carbocycles. The lowest BCUT2D eigenvalue weighted by Crippen LogP contribution is -2.46. The van der Waals surface area contributed by atoms with Gasteiger partial charge in [0.1, 0.15) is 0 Å². The van der Waals surface area contributed by atoms with Gasteiger partial charge in [-0.05, 0) is 42.7 Å². The molecule has 1 saturated carbocycles. The number of hydrogen-bond donors (Lipinski definition) is 0. The molecule has 0 spiro atoms. The second-order valence-corrected chi connectivity index (χ2v) is 8.10. The van der Waals surface area contributed by atoms with Gasteiger partial charge in [0.25, 0.3) is 0 Å². The lowest BCUT2D eigenvalue weighted by molar-refractivity contribution is -0.142. The number of halogens is 3. The molecule has 170 valence electrons. The molecule has 32 heavy (non-hydrogen) atoms. The first kappa shape index (κ1) is 22.2. The molecular weight excluding hydrogens is 421 g/mol. The van der Waals surface area contributed by atoms with Crippen LogP contribution < -0.4 is 9.47 Å². The Balaban J connectivity index is 1.76. The van der Waals surface area contributed by atoms with Crippen LogP contribution in [0.4, 0.5) is 13.2 Å². The Morgan fingerprint density at radius 1 is 1.00 bits per heavy atom. The third-order valence-electron chi connectivity index (χ3n) is 6.24. The number of carbonyl (C=O) groups excluding carboxylic acids is 1. The number of benzene rings is 2. The normalized spacial score (nSPS) is 21.1. The van der Waals surface area contributed by atoms with Crippen molar-refractivity contribution < 1.29 is 27.4 Å². The van der Waals surface area contributed by atoms with E-state index in [2.05, 4.69) is 5.10 Å². The van der Waals surface area contributed by atoms with E-state index < -0.39 is 11.7 Å². The molecule has 2 aromatic rings. The summed E-state index contributed by atoms with van der Waals surface area (Å²) in [5.74, 6) is 0.535. The summed E-state index contributed by atoms with van der Waals surface area (Å²) in [4.78, 5) is 13.2. The Kier molecular flexibility index (Phi) is 6.13. The van der Waals surface area contributed by atoms with Crippen LogP contribution in [0.2, 0.25) is 0 Å². The molecule has 4 rings (SSSR count). The molecule has 8 heteroatoms. The number of ether oxygens (including phenoxy) is 2. The van der Waals surface area contributed by atoms with Gasteiger partial charge in [-0.25, -0.2) is 5.01 Å². The van der Waals surface area contributed by atoms with Crippen LogP contribution in [0.3, 0.4) is 0 Å². The monoisotopic (exact) mass is 446 g/mol. The van der Waals surface area contributed by atoms with Crippen molar-refractivity contribution in [3.8, 4) is 11.5 Å². The van der Waals surface area contributed by atoms with Crippen molar-refractivity contribution in [3.63, 3.8) is 0 Å². The zero-order valence-electron chi connectivity index (χ0n) is 18.0. The molecule has 2 atom stereocenters. The van der Waals surface area contributed by atoms with Crippen molar-refractivity contribution in [2.24, 2.45) is 16.9 Å². The largest absolute Gasteiger partial charge is 0.493 e. The maximum atomic E-state index is 13.5. The van der Waals surface area contributed by atoms with Gasteiger partial charge in [0.2, 0.25) is 5.91 Å². The van der Waals surface area contributed by atoms with E-state index in [0.29, 0.717) is 23.6 Å². The van der Waals surface area contributed by atoms with E-state index in [4.69, 9.17) is 9.47 Å². The van der Waals surface area contributed by atoms with Crippen LogP contribution in [0.5, 0.6) is 11.5 Å². The molecule has 2 aromatic carbocycles. The van der Waals surface area contributed by atoms with Gasteiger partial charge < -0.3 is 9.47 Å². The maximum Gasteiger partial charge on any atom is 0.416 e. The quantitative estimate of drug-likeness (QED) is 0.628. The molecule has 0 unspecified atom stereocenters. The summed E-state index contributed by atoms with van der Waals surface area (Å²) in [5.41, 5.74) is 0.764. The predicted octanol–water partition coefficient (Wildman–Crippen LogP) is 5.28. The van der Waals surface area contributed by atoms with Crippen LogP contribution in [-0.4, -0.2) is 30.8 Å². The SMILES string of the molecule is COc1ccc(C2=NN(Cc3ccccc3C(F)(F)F)C(=O)[C@@H]3CCCC[C@H]23)cc1OC. The number of methoxy groups -OCH3 is 2. The predicted molar refractivity (Wildman–Crippen MR) is 114 cm³/mol. The van der Waals surface area contributed by atoms with E-state index in [-0.39, 0.29) is 29.9 Å². The number of carbonyl (C=O) groups is 1. The van der Waals surface area contributed by atoms with Crippen molar-refractivity contribution in [2.75, 3.05) is 14.2 Å². The Morgan fingerprint density at radius 3 is 2.38 bits per heavy atom. The van der Waals surface area contributed by atoms with Crippen LogP contribution in [0.25, 0.3) is 0 Å². The minimum absolute atomic E-state index is 0.0259. The smallest absolute Gasteiger partial charge is 0.416 e. The lowest BCUT2D eigenvalue weighted by Gasteiger charge is -2.39. The molecule has 1 amide bonds. The highest BCUT2D eigenvalue weighted by atomic mass is 19.4. The van der Waals surface area contributed by atoms with E-state index in [1.807, 2.05) is 6.07 Å². The standard InChI is InChI=1S/C24H25F3N2O3/c1-31-20-12-11-15(13-21(20)32-2)22-17-8-4-5-9-18(17)23(30)29(28-22)14-16-7-3-6-10-19(16)24(25,26)27/h3,6-7,10-13,17-18H,4-5,8-9,14H2,1-2H3/t17-,18+/m0/s1. The third kappa shape index (κ3) is 4.18. The summed E-state index contributed by atoms with van der Waals surface area (Å²) in [5, 5.41) is 5.81. The molecule has 0 radical (unpaired) electrons. The fourth-order valence-corrected chi connectivity index (χ4v) is 4.68. The van der Waals surface area contributed by atoms with Gasteiger partial charge in [0.05, 0.1) is 32.0 Å². The zero-order chi connectivity index (χ0) is 22.9. The van der Waals surface area contributed by atoms with E-state index in [1.54, 1.807) is 25.3 Å². The number of nitrogens with zero attached hydrogens (tertiary/aromatic N) is 2. The van der Waals surface area contributed by atoms with Gasteiger partial charge >= 0.3 is 6.18 Å². The van der Waals surface area contributed by atoms with Crippen LogP contribution in [-0.2, 0) is 17.5 Å². The van der Waals surface area contributed by atoms with Crippen LogP contribution in [0.1, 0.15) is 42.4 Å². The Hall–Kier alpha value is -3.03. The van der Waals surface area contributed by atoms with Gasteiger partial charge in [-0.3, -0.25) is 4.79 Å². The molecule has 1 fully saturated rings. The van der Waals surface area contributed by atoms with E-state index in [9.17, 15) is 18.0 Å². The van der Waals surface area contributed by atoms with Crippen molar-refractivity contribution in [1.82, 2.24) is 5.01 Å². The van der Waals surface area contributed by atoms with Gasteiger partial charge in [0, 0.05) is 17.4 Å². The van der Waals surface area contributed by atoms with Crippen molar-refractivity contribution >= 4 is 11.6 Å². The number of hydrazone groups is 1. The minimum Gasteiger partial charge on any atom is -0.493 e. The molecular formula is C24H25F3N2O3. The second-order valence-electron chi connectivity index (χ2n) is 8.10. The Bertz CT molecular complexity index is 1040. The highest BCUT2D eigenvalue weighted by Crippen LogP contribution is 2.40. The summed E-state index contributed by atoms with van der Waals surface area (Å²) in [6.07, 6.45) is -1.08. The number of rotatable bonds is 5. The van der Waals surface area contributed by atoms with E-state index >= 15 is 0 Å². The molecule has 1 heterocycles. The summed E-state index contributed by atoms with van der Waals surface area (Å²) < 4.78 is 51.2. The minimum atomic E-state index is -4.50. The Labute approximate surface area is 184 Å². The maximum absolute atomic E-state index is 13.5. The second kappa shape index (κ2) is 8.84. The third-order valence-corrected chi connectivity index (χ3v) is 6.24. The van der Waals surface area contributed by atoms with Crippen LogP contribution >= 0.6 is 0 Å². The number of hydrogen-bond acceptors (Lipinski definition) is 4. The first-order chi connectivity index (χ1) is 15.3. The average molecular weight is 446 g/mol. The van der Waals surface area contributed by atoms with Gasteiger partial charge in [-0.15, -0.1) is 0 Å². The molecule has 0 N–H and O–H groups in total. The molecule has 5 nitrogen and oxygen atoms in total. The molecule has 1 aliphatic heterocycles. The highest BCUT2D eigenvalue weighted by Gasteiger charge is 2.42. The van der Waals surface area contributed by atoms with Crippen molar-refractivity contribution in [3.05, 3.63) is 59.2 Å². The lowest BCUT2D eigenvalue weighted by atomic mass is 9.73. The van der Waals surface area contributed by atoms with Crippen LogP contribution in [0.15, 0.2) is 47.6 Å². The van der Waals surface area contributed by atoms with Gasteiger partial charge in [-0.2, -0.15) is 18.3 Å². The van der Waals surface area contributed by atoms with Crippen molar-refractivity contribution in [2.45, 2.75) is 38.4 Å². The van der Waals surface area contributed by atoms with Crippen molar-refractivity contribution in [1.29, 1.82) is 0 Å². The zero-order valence-corrected chi connectivity index (χ0v) is 18.0. The number of fused-ring (bicyclic) bond motifs is 1. The molecule has 0 aromatic heterocycles. The van der Waals surface area contributed by atoms with E-state index in [0.717, 1.165) is 30.9 Å². The average Bonchev–Trinajstić information content (AvgIpc) is 2.80. The fraction of sp³-hybridized carbons (Fsp3) is 0.417. The Morgan fingerprint density at radius 2 is 1.69 bits per heavy atom. The number of amides is 1. The van der Waals surface area contributed by atoms with Gasteiger partial charge in [0.15, 0.2) is 11.5 Å². The summed E-state index contributed by atoms with van der Waals surface area (Å²) >= 11 is 0. The van der Waals surface area contributed by atoms with Gasteiger partial charge in [-0.1, -0.05) is 31.0 Å². The first-order valence-electron chi connectivity index (χ1n) is 10.6. The fourth-order valence-electron chi connectivity index (χ4n) is 4.68. The molecule has 0 bridgehead atoms. The topological polar surface area (TPSA) is 51.1 Å². The molecule has 0 saturated heterocycles. The highest BCUT2D eigenvalue weighted by molar-refractivity contribution is 6.07. The summed E-state index contributed by atoms with van der Waals surface area (Å²) in [6, 6.07) is 10.8. The number of alkyl halides is 3. The molecule has 2 aliphatic rings.